The number of aromatic nitrogens is 6. The van der Waals surface area contributed by atoms with Gasteiger partial charge in [-0.05, 0) is 128 Å². The number of nitrogens with zero attached hydrogens (tertiary/aromatic N) is 6. The Kier molecular flexibility index (Phi) is 5.36. The highest BCUT2D eigenvalue weighted by molar-refractivity contribution is 5.88. The second-order valence-corrected chi connectivity index (χ2v) is 10.4. The largest absolute Gasteiger partial charge is 0.293 e. The van der Waals surface area contributed by atoms with E-state index in [0.717, 1.165) is 50.8 Å². The van der Waals surface area contributed by atoms with Crippen LogP contribution in [-0.2, 0) is 0 Å². The molecular formula is C30H36N6. The number of rotatable bonds is 2. The minimum Gasteiger partial charge on any atom is -0.293 e. The van der Waals surface area contributed by atoms with Gasteiger partial charge in [0.1, 0.15) is 11.6 Å². The van der Waals surface area contributed by atoms with Crippen molar-refractivity contribution in [3.63, 3.8) is 0 Å². The van der Waals surface area contributed by atoms with E-state index in [2.05, 4.69) is 85.3 Å². The van der Waals surface area contributed by atoms with Crippen LogP contribution in [0.5, 0.6) is 0 Å². The summed E-state index contributed by atoms with van der Waals surface area (Å²) >= 11 is 0. The molecule has 0 unspecified atom stereocenters. The second-order valence-electron chi connectivity index (χ2n) is 10.4. The first-order valence-electron chi connectivity index (χ1n) is 12.6. The molecule has 0 radical (unpaired) electrons. The number of imidazole rings is 2. The lowest BCUT2D eigenvalue weighted by Crippen LogP contribution is -2.12. The van der Waals surface area contributed by atoms with E-state index in [-0.39, 0.29) is 0 Å². The van der Waals surface area contributed by atoms with Crippen LogP contribution in [0, 0.1) is 83.1 Å². The lowest BCUT2D eigenvalue weighted by molar-refractivity contribution is 0.850. The third kappa shape index (κ3) is 3.09. The Balaban J connectivity index is 1.82. The fourth-order valence-electron chi connectivity index (χ4n) is 5.75. The smallest absolute Gasteiger partial charge is 0.236 e. The van der Waals surface area contributed by atoms with Gasteiger partial charge in [0.05, 0.1) is 39.1 Å². The van der Waals surface area contributed by atoms with Crippen molar-refractivity contribution < 1.29 is 0 Å². The zero-order chi connectivity index (χ0) is 26.4. The summed E-state index contributed by atoms with van der Waals surface area (Å²) in [4.78, 5) is 20.1. The van der Waals surface area contributed by atoms with Crippen molar-refractivity contribution in [1.82, 2.24) is 29.1 Å². The van der Waals surface area contributed by atoms with Gasteiger partial charge in [-0.2, -0.15) is 0 Å². The van der Waals surface area contributed by atoms with Crippen molar-refractivity contribution in [2.45, 2.75) is 83.1 Å². The Morgan fingerprint density at radius 3 is 1.19 bits per heavy atom. The topological polar surface area (TPSA) is 61.4 Å². The molecule has 6 heteroatoms. The quantitative estimate of drug-likeness (QED) is 0.277. The van der Waals surface area contributed by atoms with Crippen LogP contribution in [0.4, 0.5) is 0 Å². The van der Waals surface area contributed by atoms with Crippen LogP contribution in [0.2, 0.25) is 0 Å². The van der Waals surface area contributed by atoms with Crippen molar-refractivity contribution >= 4 is 22.1 Å². The van der Waals surface area contributed by atoms with Crippen LogP contribution in [0.15, 0.2) is 0 Å². The summed E-state index contributed by atoms with van der Waals surface area (Å²) in [5.41, 5.74) is 17.3. The Labute approximate surface area is 213 Å². The van der Waals surface area contributed by atoms with Crippen molar-refractivity contribution in [3.05, 3.63) is 67.5 Å². The van der Waals surface area contributed by atoms with Crippen molar-refractivity contribution in [3.8, 4) is 11.6 Å². The molecule has 36 heavy (non-hydrogen) atoms. The zero-order valence-electron chi connectivity index (χ0n) is 23.7. The van der Waals surface area contributed by atoms with Crippen LogP contribution >= 0.6 is 0 Å². The van der Waals surface area contributed by atoms with E-state index in [0.29, 0.717) is 5.95 Å². The minimum atomic E-state index is 0.668. The third-order valence-corrected chi connectivity index (χ3v) is 8.53. The van der Waals surface area contributed by atoms with Crippen molar-refractivity contribution in [2.24, 2.45) is 0 Å². The first-order chi connectivity index (χ1) is 16.9. The molecule has 0 atom stereocenters. The maximum atomic E-state index is 5.07. The zero-order valence-corrected chi connectivity index (χ0v) is 23.7. The molecule has 0 saturated carbocycles. The van der Waals surface area contributed by atoms with Gasteiger partial charge in [-0.1, -0.05) is 0 Å². The molecule has 3 aromatic heterocycles. The molecule has 0 bridgehead atoms. The van der Waals surface area contributed by atoms with E-state index in [1.54, 1.807) is 0 Å². The fraction of sp³-hybridized carbons (Fsp3) is 0.400. The standard InChI is InChI=1S/C30H36N6/c1-13-15(3)19(7)27-25(17(13)5)33-23(11)35(27)29-21(9)31-30(32-22(29)10)36-24(12)34-26-18(6)14(2)16(4)20(8)28(26)36/h1-12H3. The SMILES string of the molecule is Cc1nc(-n2c(C)nc3c(C)c(C)c(C)c(C)c32)nc(C)c1-n1c(C)nc2c(C)c(C)c(C)c(C)c21. The highest BCUT2D eigenvalue weighted by atomic mass is 15.2. The first-order valence-corrected chi connectivity index (χ1v) is 12.6. The highest BCUT2D eigenvalue weighted by Gasteiger charge is 2.23. The predicted molar refractivity (Wildman–Crippen MR) is 148 cm³/mol. The molecule has 0 saturated heterocycles. The van der Waals surface area contributed by atoms with Gasteiger partial charge < -0.3 is 0 Å². The lowest BCUT2D eigenvalue weighted by atomic mass is 9.97. The Bertz CT molecular complexity index is 1720. The van der Waals surface area contributed by atoms with Gasteiger partial charge in [0, 0.05) is 0 Å². The van der Waals surface area contributed by atoms with E-state index < -0.39 is 0 Å². The van der Waals surface area contributed by atoms with E-state index in [4.69, 9.17) is 19.9 Å². The maximum Gasteiger partial charge on any atom is 0.236 e. The number of aryl methyl sites for hydroxylation is 8. The van der Waals surface area contributed by atoms with Crippen LogP contribution in [0.25, 0.3) is 33.7 Å². The maximum absolute atomic E-state index is 5.07. The average molecular weight is 481 g/mol. The van der Waals surface area contributed by atoms with Crippen LogP contribution in [-0.4, -0.2) is 29.1 Å². The molecule has 186 valence electrons. The number of fused-ring (bicyclic) bond motifs is 2. The van der Waals surface area contributed by atoms with Crippen molar-refractivity contribution in [2.75, 3.05) is 0 Å². The van der Waals surface area contributed by atoms with Gasteiger partial charge in [0.25, 0.3) is 0 Å². The van der Waals surface area contributed by atoms with Gasteiger partial charge in [0.2, 0.25) is 5.95 Å². The molecule has 0 aliphatic rings. The second kappa shape index (κ2) is 7.99. The lowest BCUT2D eigenvalue weighted by Gasteiger charge is -2.18. The molecule has 5 aromatic rings. The number of hydrogen-bond donors (Lipinski definition) is 0. The third-order valence-electron chi connectivity index (χ3n) is 8.53. The average Bonchev–Trinajstić information content (AvgIpc) is 3.35. The van der Waals surface area contributed by atoms with E-state index >= 15 is 0 Å². The fourth-order valence-corrected chi connectivity index (χ4v) is 5.75. The van der Waals surface area contributed by atoms with E-state index in [9.17, 15) is 0 Å². The van der Waals surface area contributed by atoms with Gasteiger partial charge in [0.15, 0.2) is 0 Å². The van der Waals surface area contributed by atoms with Crippen molar-refractivity contribution in [1.29, 1.82) is 0 Å². The molecule has 5 rings (SSSR count). The summed E-state index contributed by atoms with van der Waals surface area (Å²) in [7, 11) is 0. The summed E-state index contributed by atoms with van der Waals surface area (Å²) in [6.45, 7) is 25.7. The predicted octanol–water partition coefficient (Wildman–Crippen LogP) is 6.86. The van der Waals surface area contributed by atoms with Crippen LogP contribution in [0.3, 0.4) is 0 Å². The number of hydrogen-bond acceptors (Lipinski definition) is 4. The molecule has 0 N–H and O–H groups in total. The normalized spacial score (nSPS) is 11.9. The number of benzene rings is 2. The molecule has 6 nitrogen and oxygen atoms in total. The summed E-state index contributed by atoms with van der Waals surface area (Å²) in [6.07, 6.45) is 0. The Hall–Kier alpha value is -3.54. The molecule has 0 aliphatic heterocycles. The molecule has 3 heterocycles. The summed E-state index contributed by atoms with van der Waals surface area (Å²) in [5, 5.41) is 0. The monoisotopic (exact) mass is 480 g/mol. The van der Waals surface area contributed by atoms with Gasteiger partial charge in [-0.15, -0.1) is 0 Å². The molecule has 0 spiro atoms. The van der Waals surface area contributed by atoms with E-state index in [1.165, 1.54) is 44.5 Å². The van der Waals surface area contributed by atoms with Gasteiger partial charge in [-0.3, -0.25) is 9.13 Å². The molecule has 2 aromatic carbocycles. The molecule has 0 aliphatic carbocycles. The van der Waals surface area contributed by atoms with Crippen LogP contribution < -0.4 is 0 Å². The molecule has 0 amide bonds. The Morgan fingerprint density at radius 2 is 0.750 bits per heavy atom. The Morgan fingerprint density at radius 1 is 0.389 bits per heavy atom. The van der Waals surface area contributed by atoms with E-state index in [1.807, 2.05) is 6.92 Å². The molecular weight excluding hydrogens is 444 g/mol. The van der Waals surface area contributed by atoms with Crippen LogP contribution in [0.1, 0.15) is 67.5 Å². The molecule has 0 fully saturated rings. The minimum absolute atomic E-state index is 0.668. The summed E-state index contributed by atoms with van der Waals surface area (Å²) in [6, 6.07) is 0. The van der Waals surface area contributed by atoms with Gasteiger partial charge >= 0.3 is 0 Å². The summed E-state index contributed by atoms with van der Waals surface area (Å²) in [5.74, 6) is 2.52. The summed E-state index contributed by atoms with van der Waals surface area (Å²) < 4.78 is 4.37. The highest BCUT2D eigenvalue weighted by Crippen LogP contribution is 2.34. The first kappa shape index (κ1) is 24.2. The van der Waals surface area contributed by atoms with Gasteiger partial charge in [-0.25, -0.2) is 19.9 Å².